The van der Waals surface area contributed by atoms with Crippen LogP contribution in [0.1, 0.15) is 30.5 Å². The Labute approximate surface area is 137 Å². The Morgan fingerprint density at radius 3 is 2.52 bits per heavy atom. The molecule has 3 heteroatoms. The maximum Gasteiger partial charge on any atom is 0.330 e. The first-order chi connectivity index (χ1) is 11.2. The highest BCUT2D eigenvalue weighted by Crippen LogP contribution is 2.23. The summed E-state index contributed by atoms with van der Waals surface area (Å²) < 4.78 is 10.9. The van der Waals surface area contributed by atoms with Gasteiger partial charge in [-0.25, -0.2) is 4.79 Å². The zero-order valence-electron chi connectivity index (χ0n) is 13.6. The van der Waals surface area contributed by atoms with Gasteiger partial charge in [-0.05, 0) is 36.6 Å². The molecule has 0 aromatic heterocycles. The second-order valence-electron chi connectivity index (χ2n) is 5.09. The highest BCUT2D eigenvalue weighted by molar-refractivity contribution is 5.87. The quantitative estimate of drug-likeness (QED) is 0.561. The molecule has 0 saturated carbocycles. The summed E-state index contributed by atoms with van der Waals surface area (Å²) in [7, 11) is 0. The molecule has 0 unspecified atom stereocenters. The van der Waals surface area contributed by atoms with Crippen molar-refractivity contribution in [1.29, 1.82) is 0 Å². The topological polar surface area (TPSA) is 35.5 Å². The Bertz CT molecular complexity index is 660. The van der Waals surface area contributed by atoms with Crippen LogP contribution >= 0.6 is 0 Å². The molecule has 120 valence electrons. The van der Waals surface area contributed by atoms with Crippen LogP contribution in [0.25, 0.3) is 6.08 Å². The molecular formula is C20H22O3. The number of hydrogen-bond acceptors (Lipinski definition) is 3. The van der Waals surface area contributed by atoms with Gasteiger partial charge in [-0.15, -0.1) is 0 Å². The molecule has 2 aromatic rings. The zero-order valence-corrected chi connectivity index (χ0v) is 13.6. The van der Waals surface area contributed by atoms with Crippen LogP contribution in [0.4, 0.5) is 0 Å². The minimum atomic E-state index is -0.346. The third-order valence-corrected chi connectivity index (χ3v) is 3.41. The number of esters is 1. The molecule has 0 heterocycles. The first-order valence-corrected chi connectivity index (χ1v) is 7.87. The third-order valence-electron chi connectivity index (χ3n) is 3.41. The molecule has 3 nitrogen and oxygen atoms in total. The van der Waals surface area contributed by atoms with Gasteiger partial charge in [-0.3, -0.25) is 0 Å². The summed E-state index contributed by atoms with van der Waals surface area (Å²) in [5.74, 6) is 0.426. The summed E-state index contributed by atoms with van der Waals surface area (Å²) in [5.41, 5.74) is 3.17. The van der Waals surface area contributed by atoms with E-state index in [1.165, 1.54) is 11.6 Å². The van der Waals surface area contributed by atoms with Crippen molar-refractivity contribution in [3.05, 3.63) is 71.3 Å². The Morgan fingerprint density at radius 2 is 1.83 bits per heavy atom. The number of hydrogen-bond donors (Lipinski definition) is 0. The predicted octanol–water partition coefficient (Wildman–Crippen LogP) is 4.40. The van der Waals surface area contributed by atoms with Crippen LogP contribution in [0.3, 0.4) is 0 Å². The van der Waals surface area contributed by atoms with Crippen molar-refractivity contribution < 1.29 is 14.3 Å². The van der Waals surface area contributed by atoms with Crippen molar-refractivity contribution in [3.8, 4) is 5.75 Å². The standard InChI is InChI=1S/C20H22O3/c1-3-16-10-11-18(12-13-20(21)22-4-2)19(14-16)23-15-17-8-6-5-7-9-17/h5-14H,3-4,15H2,1-2H3. The molecule has 0 aliphatic carbocycles. The molecule has 0 aliphatic heterocycles. The highest BCUT2D eigenvalue weighted by Gasteiger charge is 2.04. The summed E-state index contributed by atoms with van der Waals surface area (Å²) >= 11 is 0. The van der Waals surface area contributed by atoms with E-state index < -0.39 is 0 Å². The molecule has 0 bridgehead atoms. The number of aryl methyl sites for hydroxylation is 1. The van der Waals surface area contributed by atoms with E-state index in [0.29, 0.717) is 13.2 Å². The van der Waals surface area contributed by atoms with E-state index in [1.807, 2.05) is 48.5 Å². The maximum absolute atomic E-state index is 11.5. The van der Waals surface area contributed by atoms with Crippen LogP contribution in [-0.4, -0.2) is 12.6 Å². The molecule has 0 radical (unpaired) electrons. The van der Waals surface area contributed by atoms with Crippen molar-refractivity contribution in [2.45, 2.75) is 26.9 Å². The van der Waals surface area contributed by atoms with Gasteiger partial charge in [0.25, 0.3) is 0 Å². The van der Waals surface area contributed by atoms with Gasteiger partial charge in [0.15, 0.2) is 0 Å². The summed E-state index contributed by atoms with van der Waals surface area (Å²) in [6, 6.07) is 16.0. The van der Waals surface area contributed by atoms with Crippen molar-refractivity contribution in [3.63, 3.8) is 0 Å². The van der Waals surface area contributed by atoms with Gasteiger partial charge in [0, 0.05) is 11.6 Å². The first-order valence-electron chi connectivity index (χ1n) is 7.87. The van der Waals surface area contributed by atoms with Gasteiger partial charge in [-0.2, -0.15) is 0 Å². The lowest BCUT2D eigenvalue weighted by molar-refractivity contribution is -0.137. The molecule has 0 aliphatic rings. The largest absolute Gasteiger partial charge is 0.488 e. The first kappa shape index (κ1) is 16.8. The SMILES string of the molecule is CCOC(=O)C=Cc1ccc(CC)cc1OCc1ccccc1. The van der Waals surface area contributed by atoms with Crippen molar-refractivity contribution in [2.24, 2.45) is 0 Å². The molecule has 0 amide bonds. The molecule has 0 spiro atoms. The van der Waals surface area contributed by atoms with E-state index in [1.54, 1.807) is 13.0 Å². The van der Waals surface area contributed by atoms with Gasteiger partial charge in [-0.1, -0.05) is 49.4 Å². The molecule has 2 rings (SSSR count). The third kappa shape index (κ3) is 5.29. The fourth-order valence-electron chi connectivity index (χ4n) is 2.14. The van der Waals surface area contributed by atoms with Gasteiger partial charge in [0.05, 0.1) is 6.61 Å². The monoisotopic (exact) mass is 310 g/mol. The van der Waals surface area contributed by atoms with E-state index >= 15 is 0 Å². The van der Waals surface area contributed by atoms with Gasteiger partial charge >= 0.3 is 5.97 Å². The lowest BCUT2D eigenvalue weighted by Crippen LogP contribution is -2.00. The van der Waals surface area contributed by atoms with E-state index in [9.17, 15) is 4.79 Å². The molecule has 0 N–H and O–H groups in total. The normalized spacial score (nSPS) is 10.7. The summed E-state index contributed by atoms with van der Waals surface area (Å²) in [6.07, 6.45) is 4.10. The van der Waals surface area contributed by atoms with Crippen LogP contribution in [0, 0.1) is 0 Å². The second-order valence-corrected chi connectivity index (χ2v) is 5.09. The van der Waals surface area contributed by atoms with Crippen LogP contribution in [0.15, 0.2) is 54.6 Å². The lowest BCUT2D eigenvalue weighted by atomic mass is 10.1. The molecule has 0 fully saturated rings. The van der Waals surface area contributed by atoms with Crippen LogP contribution < -0.4 is 4.74 Å². The van der Waals surface area contributed by atoms with E-state index in [-0.39, 0.29) is 5.97 Å². The van der Waals surface area contributed by atoms with E-state index in [4.69, 9.17) is 9.47 Å². The molecule has 0 atom stereocenters. The molecular weight excluding hydrogens is 288 g/mol. The number of carbonyl (C=O) groups excluding carboxylic acids is 1. The summed E-state index contributed by atoms with van der Waals surface area (Å²) in [4.78, 5) is 11.5. The number of benzene rings is 2. The van der Waals surface area contributed by atoms with E-state index in [2.05, 4.69) is 6.92 Å². The lowest BCUT2D eigenvalue weighted by Gasteiger charge is -2.11. The van der Waals surface area contributed by atoms with E-state index in [0.717, 1.165) is 23.3 Å². The number of rotatable bonds is 7. The zero-order chi connectivity index (χ0) is 16.5. The predicted molar refractivity (Wildman–Crippen MR) is 92.3 cm³/mol. The Hall–Kier alpha value is -2.55. The van der Waals surface area contributed by atoms with Gasteiger partial charge < -0.3 is 9.47 Å². The molecule has 0 saturated heterocycles. The van der Waals surface area contributed by atoms with Crippen molar-refractivity contribution in [2.75, 3.05) is 6.61 Å². The maximum atomic E-state index is 11.5. The van der Waals surface area contributed by atoms with Crippen molar-refractivity contribution in [1.82, 2.24) is 0 Å². The fourth-order valence-corrected chi connectivity index (χ4v) is 2.14. The minimum absolute atomic E-state index is 0.346. The van der Waals surface area contributed by atoms with Crippen LogP contribution in [0.2, 0.25) is 0 Å². The Balaban J connectivity index is 2.16. The second kappa shape index (κ2) is 8.79. The summed E-state index contributed by atoms with van der Waals surface area (Å²) in [5, 5.41) is 0. The Kier molecular flexibility index (Phi) is 6.42. The molecule has 2 aromatic carbocycles. The minimum Gasteiger partial charge on any atom is -0.488 e. The number of carbonyl (C=O) groups is 1. The summed E-state index contributed by atoms with van der Waals surface area (Å²) in [6.45, 7) is 4.75. The number of ether oxygens (including phenoxy) is 2. The van der Waals surface area contributed by atoms with Crippen molar-refractivity contribution >= 4 is 12.0 Å². The average Bonchev–Trinajstić information content (AvgIpc) is 2.59. The van der Waals surface area contributed by atoms with Crippen LogP contribution in [-0.2, 0) is 22.6 Å². The van der Waals surface area contributed by atoms with Crippen LogP contribution in [0.5, 0.6) is 5.75 Å². The smallest absolute Gasteiger partial charge is 0.330 e. The van der Waals surface area contributed by atoms with Gasteiger partial charge in [0.2, 0.25) is 0 Å². The van der Waals surface area contributed by atoms with Gasteiger partial charge in [0.1, 0.15) is 12.4 Å². The highest BCUT2D eigenvalue weighted by atomic mass is 16.5. The fraction of sp³-hybridized carbons (Fsp3) is 0.250. The molecule has 23 heavy (non-hydrogen) atoms. The average molecular weight is 310 g/mol. The Morgan fingerprint density at radius 1 is 1.04 bits per heavy atom.